The second-order valence-corrected chi connectivity index (χ2v) is 10.5. The van der Waals surface area contributed by atoms with Crippen molar-refractivity contribution in [2.75, 3.05) is 0 Å². The summed E-state index contributed by atoms with van der Waals surface area (Å²) in [7, 11) is 0. The van der Waals surface area contributed by atoms with Gasteiger partial charge in [-0.1, -0.05) is 169 Å². The predicted octanol–water partition coefficient (Wildman–Crippen LogP) is 13.7. The van der Waals surface area contributed by atoms with E-state index in [0.29, 0.717) is 0 Å². The van der Waals surface area contributed by atoms with E-state index in [4.69, 9.17) is 30.5 Å². The number of furan rings is 1. The Hall–Kier alpha value is -6.44. The molecule has 1 heteroatoms. The molecule has 0 atom stereocenters. The highest BCUT2D eigenvalue weighted by molar-refractivity contribution is 6.24. The molecular formula is C48H30O. The molecule has 49 heavy (non-hydrogen) atoms. The number of hydrogen-bond donors (Lipinski definition) is 0. The fourth-order valence-corrected chi connectivity index (χ4v) is 5.78. The first-order valence-corrected chi connectivity index (χ1v) is 14.4. The Labute approximate surface area is 326 Å². The van der Waals surface area contributed by atoms with E-state index in [2.05, 4.69) is 0 Å². The van der Waals surface area contributed by atoms with Crippen molar-refractivity contribution in [3.8, 4) is 44.5 Å². The molecule has 0 N–H and O–H groups in total. The molecule has 0 saturated heterocycles. The second kappa shape index (κ2) is 11.1. The van der Waals surface area contributed by atoms with E-state index in [1.54, 1.807) is 0 Å². The molecule has 1 heterocycles. The second-order valence-electron chi connectivity index (χ2n) is 10.5. The van der Waals surface area contributed by atoms with Crippen LogP contribution in [0.15, 0.2) is 186 Å². The zero-order chi connectivity index (χ0) is 58.4. The lowest BCUT2D eigenvalue weighted by molar-refractivity contribution is 0.670. The first-order chi connectivity index (χ1) is 36.8. The van der Waals surface area contributed by atoms with Gasteiger partial charge in [-0.3, -0.25) is 0 Å². The Morgan fingerprint density at radius 1 is 0.327 bits per heavy atom. The maximum absolute atomic E-state index is 9.60. The van der Waals surface area contributed by atoms with E-state index in [1.165, 1.54) is 0 Å². The van der Waals surface area contributed by atoms with E-state index >= 15 is 0 Å². The van der Waals surface area contributed by atoms with Crippen molar-refractivity contribution in [2.45, 2.75) is 0 Å². The molecule has 0 aliphatic rings. The highest BCUT2D eigenvalue weighted by Crippen LogP contribution is 2.47. The van der Waals surface area contributed by atoms with Crippen LogP contribution in [0.25, 0.3) is 98.8 Å². The minimum Gasteiger partial charge on any atom is -0.455 e. The molecule has 0 radical (unpaired) electrons. The standard InChI is InChI=1S/C48H30O/c1-2-12-31(13-3-1)35-28-29-38-43-22-11-23-44(48(43)49-45(38)30-35)47-41-19-8-6-17-39(41)46(40-18-7-9-20-42(40)47)34-26-24-33(25-27-34)37-21-10-15-32-14-4-5-16-36(32)37/h1-30H/i1D,2D,3D,4D,5D,6D,7D,8D,9D,10D,11D,12D,13D,14D,15D,16D,17D,18D,19D,20D,21D,22D,23D,24D,25D,26D,27D,28D,29D,30D. The first-order valence-electron chi connectivity index (χ1n) is 29.4. The molecule has 1 aromatic heterocycles. The van der Waals surface area contributed by atoms with Gasteiger partial charge in [0.05, 0.1) is 41.1 Å². The van der Waals surface area contributed by atoms with E-state index in [-0.39, 0.29) is 0 Å². The van der Waals surface area contributed by atoms with Crippen LogP contribution in [0.4, 0.5) is 0 Å². The van der Waals surface area contributed by atoms with Crippen molar-refractivity contribution < 1.29 is 45.5 Å². The van der Waals surface area contributed by atoms with Crippen LogP contribution in [-0.2, 0) is 0 Å². The molecule has 228 valence electrons. The zero-order valence-corrected chi connectivity index (χ0v) is 24.4. The third-order valence-electron chi connectivity index (χ3n) is 7.87. The fraction of sp³-hybridized carbons (Fsp3) is 0. The summed E-state index contributed by atoms with van der Waals surface area (Å²) in [5.74, 6) is 0. The van der Waals surface area contributed by atoms with Gasteiger partial charge >= 0.3 is 0 Å². The maximum Gasteiger partial charge on any atom is 0.143 e. The van der Waals surface area contributed by atoms with Crippen LogP contribution in [-0.4, -0.2) is 0 Å². The number of para-hydroxylation sites is 1. The lowest BCUT2D eigenvalue weighted by Crippen LogP contribution is -1.91. The maximum atomic E-state index is 9.60. The highest BCUT2D eigenvalue weighted by Gasteiger charge is 2.20. The Kier molecular flexibility index (Phi) is 2.50. The molecule has 1 nitrogen and oxygen atoms in total. The van der Waals surface area contributed by atoms with Crippen LogP contribution in [0, 0.1) is 0 Å². The van der Waals surface area contributed by atoms with Crippen LogP contribution >= 0.6 is 0 Å². The Morgan fingerprint density at radius 2 is 0.857 bits per heavy atom. The van der Waals surface area contributed by atoms with Crippen molar-refractivity contribution in [1.29, 1.82) is 0 Å². The summed E-state index contributed by atoms with van der Waals surface area (Å²) in [6.07, 6.45) is 0. The molecule has 0 aliphatic heterocycles. The fourth-order valence-electron chi connectivity index (χ4n) is 5.78. The van der Waals surface area contributed by atoms with E-state index in [1.807, 2.05) is 0 Å². The topological polar surface area (TPSA) is 13.1 Å². The molecule has 0 amide bonds. The van der Waals surface area contributed by atoms with Crippen LogP contribution in [0.3, 0.4) is 0 Å². The predicted molar refractivity (Wildman–Crippen MR) is 208 cm³/mol. The van der Waals surface area contributed by atoms with Crippen molar-refractivity contribution >= 4 is 54.3 Å². The normalized spacial score (nSPS) is 20.2. The summed E-state index contributed by atoms with van der Waals surface area (Å²) in [5.41, 5.74) is -7.63. The van der Waals surface area contributed by atoms with Crippen LogP contribution in [0.2, 0.25) is 0 Å². The van der Waals surface area contributed by atoms with Gasteiger partial charge in [-0.2, -0.15) is 0 Å². The number of fused-ring (bicyclic) bond motifs is 6. The third kappa shape index (κ3) is 4.40. The number of rotatable bonds is 4. The zero-order valence-electron chi connectivity index (χ0n) is 54.4. The van der Waals surface area contributed by atoms with Gasteiger partial charge in [-0.05, 0) is 77.8 Å². The lowest BCUT2D eigenvalue weighted by Gasteiger charge is -2.18. The smallest absolute Gasteiger partial charge is 0.143 e. The molecule has 0 aliphatic carbocycles. The van der Waals surface area contributed by atoms with E-state index in [0.717, 1.165) is 0 Å². The van der Waals surface area contributed by atoms with Crippen LogP contribution in [0.1, 0.15) is 41.1 Å². The summed E-state index contributed by atoms with van der Waals surface area (Å²) in [6, 6.07) is -28.7. The Balaban J connectivity index is 1.45. The first kappa shape index (κ1) is 11.1. The minimum atomic E-state index is -1.12. The van der Waals surface area contributed by atoms with Crippen molar-refractivity contribution in [3.05, 3.63) is 181 Å². The molecule has 10 aromatic rings. The number of benzene rings is 9. The highest BCUT2D eigenvalue weighted by atomic mass is 16.3. The molecule has 0 spiro atoms. The summed E-state index contributed by atoms with van der Waals surface area (Å²) in [6.45, 7) is 0. The summed E-state index contributed by atoms with van der Waals surface area (Å²) in [5, 5.41) is -5.49. The monoisotopic (exact) mass is 652 g/mol. The van der Waals surface area contributed by atoms with Gasteiger partial charge in [0.2, 0.25) is 0 Å². The van der Waals surface area contributed by atoms with Crippen molar-refractivity contribution in [1.82, 2.24) is 0 Å². The van der Waals surface area contributed by atoms with Crippen molar-refractivity contribution in [2.24, 2.45) is 0 Å². The van der Waals surface area contributed by atoms with Gasteiger partial charge in [0.25, 0.3) is 0 Å². The van der Waals surface area contributed by atoms with Gasteiger partial charge in [-0.15, -0.1) is 0 Å². The average molecular weight is 653 g/mol. The molecular weight excluding hydrogens is 593 g/mol. The van der Waals surface area contributed by atoms with Gasteiger partial charge in [0, 0.05) is 21.9 Å². The largest absolute Gasteiger partial charge is 0.455 e. The molecule has 10 rings (SSSR count). The van der Waals surface area contributed by atoms with Crippen molar-refractivity contribution in [3.63, 3.8) is 0 Å². The summed E-state index contributed by atoms with van der Waals surface area (Å²) >= 11 is 0. The SMILES string of the molecule is [2H]c1c([2H])c([2H])c(-c2c([2H])c([2H])c3c(oc4c(-c5c6c([2H])c([2H])c([2H])c([2H])c6c(-c6c([2H])c([2H])c(-c7c([2H])c([2H])c([2H])c8c([2H])c([2H])c([2H])c([2H])c78)c([2H])c6[2H])c6c([2H])c([2H])c([2H])c([2H])c56)c([2H])c([2H])c([2H])c43)c2[2H])c([2H])c1[2H]. The number of hydrogen-bond acceptors (Lipinski definition) is 1. The summed E-state index contributed by atoms with van der Waals surface area (Å²) in [4.78, 5) is 0. The van der Waals surface area contributed by atoms with Gasteiger partial charge in [0.1, 0.15) is 11.2 Å². The average Bonchev–Trinajstić information content (AvgIpc) is 3.65. The molecule has 0 saturated carbocycles. The van der Waals surface area contributed by atoms with E-state index < -0.39 is 280 Å². The minimum absolute atomic E-state index is 0.562. The summed E-state index contributed by atoms with van der Waals surface area (Å²) < 4.78 is 275. The van der Waals surface area contributed by atoms with Gasteiger partial charge in [0.15, 0.2) is 0 Å². The molecule has 0 unspecified atom stereocenters. The molecule has 0 fully saturated rings. The van der Waals surface area contributed by atoms with Crippen LogP contribution in [0.5, 0.6) is 0 Å². The Morgan fingerprint density at radius 3 is 1.59 bits per heavy atom. The Bertz CT molecular complexity index is 4450. The molecule has 0 bridgehead atoms. The quantitative estimate of drug-likeness (QED) is 0.172. The third-order valence-corrected chi connectivity index (χ3v) is 7.87. The van der Waals surface area contributed by atoms with Crippen LogP contribution < -0.4 is 0 Å². The van der Waals surface area contributed by atoms with Gasteiger partial charge in [-0.25, -0.2) is 0 Å². The van der Waals surface area contributed by atoms with Gasteiger partial charge < -0.3 is 4.42 Å². The molecule has 9 aromatic carbocycles. The lowest BCUT2D eigenvalue weighted by atomic mass is 9.85. The van der Waals surface area contributed by atoms with E-state index in [9.17, 15) is 15.1 Å².